The molecule has 0 aliphatic carbocycles. The summed E-state index contributed by atoms with van der Waals surface area (Å²) in [7, 11) is 1.57. The van der Waals surface area contributed by atoms with Gasteiger partial charge in [-0.05, 0) is 12.1 Å². The van der Waals surface area contributed by atoms with Gasteiger partial charge in [0.2, 0.25) is 0 Å². The molecule has 0 saturated carbocycles. The SMILES string of the molecule is COc1ccncc1-c1ccc(=O)[nH]n1. The lowest BCUT2D eigenvalue weighted by Gasteiger charge is -2.05. The number of H-pyrrole nitrogens is 1. The molecule has 0 aliphatic heterocycles. The Balaban J connectivity index is 2.53. The Hall–Kier alpha value is -2.17. The third kappa shape index (κ3) is 1.85. The lowest BCUT2D eigenvalue weighted by molar-refractivity contribution is 0.415. The molecule has 2 rings (SSSR count). The lowest BCUT2D eigenvalue weighted by atomic mass is 10.2. The van der Waals surface area contributed by atoms with Gasteiger partial charge in [-0.25, -0.2) is 5.10 Å². The van der Waals surface area contributed by atoms with Crippen molar-refractivity contribution in [3.05, 3.63) is 40.9 Å². The summed E-state index contributed by atoms with van der Waals surface area (Å²) in [6.07, 6.45) is 3.27. The molecule has 0 radical (unpaired) electrons. The standard InChI is InChI=1S/C10H9N3O2/c1-15-9-4-5-11-6-7(9)8-2-3-10(14)13-12-8/h2-6H,1H3,(H,13,14). The summed E-state index contributed by atoms with van der Waals surface area (Å²) in [6, 6.07) is 4.77. The van der Waals surface area contributed by atoms with Gasteiger partial charge >= 0.3 is 0 Å². The smallest absolute Gasteiger partial charge is 0.264 e. The first kappa shape index (κ1) is 9.39. The van der Waals surface area contributed by atoms with E-state index in [-0.39, 0.29) is 5.56 Å². The van der Waals surface area contributed by atoms with Crippen molar-refractivity contribution in [2.75, 3.05) is 7.11 Å². The summed E-state index contributed by atoms with van der Waals surface area (Å²) in [5.74, 6) is 0.671. The molecule has 0 aliphatic rings. The Morgan fingerprint density at radius 2 is 2.20 bits per heavy atom. The second-order valence-electron chi connectivity index (χ2n) is 2.88. The van der Waals surface area contributed by atoms with Gasteiger partial charge in [0.05, 0.1) is 18.4 Å². The van der Waals surface area contributed by atoms with Crippen LogP contribution in [0, 0.1) is 0 Å². The van der Waals surface area contributed by atoms with Gasteiger partial charge in [0.1, 0.15) is 5.75 Å². The van der Waals surface area contributed by atoms with Crippen molar-refractivity contribution in [1.29, 1.82) is 0 Å². The largest absolute Gasteiger partial charge is 0.496 e. The second-order valence-corrected chi connectivity index (χ2v) is 2.88. The number of aromatic amines is 1. The molecular formula is C10H9N3O2. The molecule has 5 nitrogen and oxygen atoms in total. The predicted molar refractivity (Wildman–Crippen MR) is 54.6 cm³/mol. The normalized spacial score (nSPS) is 9.93. The third-order valence-corrected chi connectivity index (χ3v) is 1.96. The van der Waals surface area contributed by atoms with Crippen molar-refractivity contribution >= 4 is 0 Å². The van der Waals surface area contributed by atoms with Gasteiger partial charge in [0, 0.05) is 18.5 Å². The van der Waals surface area contributed by atoms with E-state index in [2.05, 4.69) is 15.2 Å². The van der Waals surface area contributed by atoms with Crippen LogP contribution in [0.4, 0.5) is 0 Å². The van der Waals surface area contributed by atoms with Gasteiger partial charge < -0.3 is 4.74 Å². The zero-order valence-corrected chi connectivity index (χ0v) is 8.10. The zero-order chi connectivity index (χ0) is 10.7. The van der Waals surface area contributed by atoms with Crippen LogP contribution in [0.5, 0.6) is 5.75 Å². The molecule has 2 aromatic rings. The predicted octanol–water partition coefficient (Wildman–Crippen LogP) is 0.840. The fourth-order valence-electron chi connectivity index (χ4n) is 1.25. The number of nitrogens with zero attached hydrogens (tertiary/aromatic N) is 2. The molecule has 0 fully saturated rings. The summed E-state index contributed by atoms with van der Waals surface area (Å²) in [5, 5.41) is 6.26. The van der Waals surface area contributed by atoms with Crippen molar-refractivity contribution in [1.82, 2.24) is 15.2 Å². The molecule has 2 heterocycles. The molecule has 1 N–H and O–H groups in total. The second kappa shape index (κ2) is 3.91. The maximum Gasteiger partial charge on any atom is 0.264 e. The summed E-state index contributed by atoms with van der Waals surface area (Å²) in [6.45, 7) is 0. The average molecular weight is 203 g/mol. The summed E-state index contributed by atoms with van der Waals surface area (Å²) in [4.78, 5) is 14.8. The van der Waals surface area contributed by atoms with E-state index in [0.717, 1.165) is 5.56 Å². The summed E-state index contributed by atoms with van der Waals surface area (Å²) < 4.78 is 5.16. The van der Waals surface area contributed by atoms with Crippen molar-refractivity contribution in [2.24, 2.45) is 0 Å². The number of ether oxygens (including phenoxy) is 1. The van der Waals surface area contributed by atoms with Crippen LogP contribution in [0.3, 0.4) is 0 Å². The zero-order valence-electron chi connectivity index (χ0n) is 8.10. The lowest BCUT2D eigenvalue weighted by Crippen LogP contribution is -2.06. The number of methoxy groups -OCH3 is 1. The highest BCUT2D eigenvalue weighted by Gasteiger charge is 2.06. The highest BCUT2D eigenvalue weighted by Crippen LogP contribution is 2.25. The van der Waals surface area contributed by atoms with E-state index >= 15 is 0 Å². The molecule has 0 unspecified atom stereocenters. The summed E-state index contributed by atoms with van der Waals surface area (Å²) >= 11 is 0. The molecule has 5 heteroatoms. The van der Waals surface area contributed by atoms with Crippen LogP contribution in [0.1, 0.15) is 0 Å². The Morgan fingerprint density at radius 1 is 1.33 bits per heavy atom. The Morgan fingerprint density at radius 3 is 2.87 bits per heavy atom. The van der Waals surface area contributed by atoms with Crippen LogP contribution in [0.25, 0.3) is 11.3 Å². The molecule has 76 valence electrons. The molecule has 15 heavy (non-hydrogen) atoms. The molecule has 0 aromatic carbocycles. The van der Waals surface area contributed by atoms with Gasteiger partial charge in [-0.2, -0.15) is 5.10 Å². The highest BCUT2D eigenvalue weighted by molar-refractivity contribution is 5.65. The number of pyridine rings is 1. The number of hydrogen-bond donors (Lipinski definition) is 1. The Bertz CT molecular complexity index is 502. The van der Waals surface area contributed by atoms with Crippen molar-refractivity contribution in [3.8, 4) is 17.0 Å². The molecular weight excluding hydrogens is 194 g/mol. The Kier molecular flexibility index (Phi) is 2.45. The van der Waals surface area contributed by atoms with E-state index in [0.29, 0.717) is 11.4 Å². The first-order valence-corrected chi connectivity index (χ1v) is 4.35. The fraction of sp³-hybridized carbons (Fsp3) is 0.100. The number of nitrogens with one attached hydrogen (secondary N) is 1. The van der Waals surface area contributed by atoms with E-state index in [4.69, 9.17) is 4.74 Å². The van der Waals surface area contributed by atoms with Crippen LogP contribution in [-0.4, -0.2) is 22.3 Å². The van der Waals surface area contributed by atoms with Crippen LogP contribution in [-0.2, 0) is 0 Å². The van der Waals surface area contributed by atoms with Gasteiger partial charge in [-0.15, -0.1) is 0 Å². The minimum absolute atomic E-state index is 0.235. The monoisotopic (exact) mass is 203 g/mol. The number of hydrogen-bond acceptors (Lipinski definition) is 4. The van der Waals surface area contributed by atoms with E-state index in [1.807, 2.05) is 0 Å². The van der Waals surface area contributed by atoms with Gasteiger partial charge in [0.25, 0.3) is 5.56 Å². The summed E-state index contributed by atoms with van der Waals surface area (Å²) in [5.41, 5.74) is 1.14. The molecule has 0 amide bonds. The van der Waals surface area contributed by atoms with Crippen molar-refractivity contribution in [3.63, 3.8) is 0 Å². The Labute approximate surface area is 85.8 Å². The minimum atomic E-state index is -0.235. The minimum Gasteiger partial charge on any atom is -0.496 e. The van der Waals surface area contributed by atoms with Crippen molar-refractivity contribution in [2.45, 2.75) is 0 Å². The molecule has 0 atom stereocenters. The fourth-order valence-corrected chi connectivity index (χ4v) is 1.25. The van der Waals surface area contributed by atoms with Gasteiger partial charge in [0.15, 0.2) is 0 Å². The maximum absolute atomic E-state index is 10.8. The van der Waals surface area contributed by atoms with Crippen LogP contribution in [0.15, 0.2) is 35.4 Å². The van der Waals surface area contributed by atoms with Gasteiger partial charge in [-0.1, -0.05) is 0 Å². The van der Waals surface area contributed by atoms with Crippen molar-refractivity contribution < 1.29 is 4.74 Å². The first-order valence-electron chi connectivity index (χ1n) is 4.35. The molecule has 0 spiro atoms. The maximum atomic E-state index is 10.8. The molecule has 2 aromatic heterocycles. The van der Waals surface area contributed by atoms with E-state index in [1.165, 1.54) is 6.07 Å². The van der Waals surface area contributed by atoms with E-state index < -0.39 is 0 Å². The average Bonchev–Trinajstić information content (AvgIpc) is 2.30. The number of rotatable bonds is 2. The van der Waals surface area contributed by atoms with Crippen LogP contribution in [0.2, 0.25) is 0 Å². The van der Waals surface area contributed by atoms with Crippen LogP contribution < -0.4 is 10.3 Å². The number of aromatic nitrogens is 3. The highest BCUT2D eigenvalue weighted by atomic mass is 16.5. The third-order valence-electron chi connectivity index (χ3n) is 1.96. The quantitative estimate of drug-likeness (QED) is 0.785. The van der Waals surface area contributed by atoms with E-state index in [1.54, 1.807) is 31.6 Å². The molecule has 0 bridgehead atoms. The first-order chi connectivity index (χ1) is 7.31. The topological polar surface area (TPSA) is 67.9 Å². The van der Waals surface area contributed by atoms with Crippen LogP contribution >= 0.6 is 0 Å². The van der Waals surface area contributed by atoms with E-state index in [9.17, 15) is 4.79 Å². The van der Waals surface area contributed by atoms with Gasteiger partial charge in [-0.3, -0.25) is 9.78 Å². The molecule has 0 saturated heterocycles.